The average Bonchev–Trinajstić information content (AvgIpc) is 3.52. The third-order valence-corrected chi connectivity index (χ3v) is 8.24. The Hall–Kier alpha value is -4.61. The van der Waals surface area contributed by atoms with Gasteiger partial charge in [0.2, 0.25) is 5.91 Å². The van der Waals surface area contributed by atoms with Gasteiger partial charge in [-0.2, -0.15) is 10.4 Å². The summed E-state index contributed by atoms with van der Waals surface area (Å²) < 4.78 is 0. The molecule has 0 radical (unpaired) electrons. The third kappa shape index (κ3) is 6.32. The highest BCUT2D eigenvalue weighted by molar-refractivity contribution is 5.89. The Morgan fingerprint density at radius 1 is 1.07 bits per heavy atom. The molecule has 2 saturated heterocycles. The fourth-order valence-electron chi connectivity index (χ4n) is 5.89. The molecule has 6 rings (SSSR count). The van der Waals surface area contributed by atoms with E-state index in [1.54, 1.807) is 4.90 Å². The summed E-state index contributed by atoms with van der Waals surface area (Å²) in [5.74, 6) is 2.53. The number of anilines is 2. The number of rotatable bonds is 8. The number of carbonyl (C=O) groups is 1. The van der Waals surface area contributed by atoms with Gasteiger partial charge in [-0.05, 0) is 62.4 Å². The highest BCUT2D eigenvalue weighted by atomic mass is 16.2. The molecule has 5 N–H and O–H groups in total. The van der Waals surface area contributed by atoms with Crippen LogP contribution < -0.4 is 27.4 Å². The maximum Gasteiger partial charge on any atom is 0.277 e. The molecule has 0 aliphatic carbocycles. The Bertz CT molecular complexity index is 1550. The Kier molecular flexibility index (Phi) is 8.20. The van der Waals surface area contributed by atoms with Gasteiger partial charge < -0.3 is 10.2 Å². The van der Waals surface area contributed by atoms with Crippen LogP contribution in [0.4, 0.5) is 11.5 Å². The summed E-state index contributed by atoms with van der Waals surface area (Å²) >= 11 is 0. The molecule has 0 spiro atoms. The minimum absolute atomic E-state index is 0.0302. The molecule has 3 aliphatic rings. The van der Waals surface area contributed by atoms with Crippen LogP contribution in [-0.4, -0.2) is 67.9 Å². The lowest BCUT2D eigenvalue weighted by molar-refractivity contribution is -0.131. The van der Waals surface area contributed by atoms with E-state index in [9.17, 15) is 9.59 Å². The number of nitrogens with zero attached hydrogens (tertiary/aromatic N) is 7. The number of hydrazone groups is 1. The summed E-state index contributed by atoms with van der Waals surface area (Å²) in [7, 11) is 0. The molecule has 2 aromatic heterocycles. The number of hydrogen-bond donors (Lipinski definition) is 5. The number of likely N-dealkylation sites (tertiary alicyclic amines) is 2. The molecule has 14 nitrogen and oxygen atoms in total. The lowest BCUT2D eigenvalue weighted by atomic mass is 9.93. The second-order valence-corrected chi connectivity index (χ2v) is 11.0. The van der Waals surface area contributed by atoms with Crippen molar-refractivity contribution in [3.63, 3.8) is 0 Å². The largest absolute Gasteiger partial charge is 0.342 e. The molecule has 0 bridgehead atoms. The number of piperidine rings is 2. The Labute approximate surface area is 242 Å². The lowest BCUT2D eigenvalue weighted by Gasteiger charge is -2.31. The Morgan fingerprint density at radius 2 is 1.86 bits per heavy atom. The van der Waals surface area contributed by atoms with Crippen LogP contribution in [0.3, 0.4) is 0 Å². The first-order valence-electron chi connectivity index (χ1n) is 14.4. The third-order valence-electron chi connectivity index (χ3n) is 8.24. The summed E-state index contributed by atoms with van der Waals surface area (Å²) in [6.07, 6.45) is 6.03. The van der Waals surface area contributed by atoms with E-state index in [4.69, 9.17) is 10.2 Å². The van der Waals surface area contributed by atoms with Crippen molar-refractivity contribution in [2.45, 2.75) is 51.0 Å². The van der Waals surface area contributed by atoms with Crippen molar-refractivity contribution >= 4 is 34.2 Å². The van der Waals surface area contributed by atoms with Gasteiger partial charge in [-0.25, -0.2) is 20.6 Å². The van der Waals surface area contributed by atoms with E-state index in [1.807, 2.05) is 18.2 Å². The van der Waals surface area contributed by atoms with Gasteiger partial charge >= 0.3 is 0 Å². The van der Waals surface area contributed by atoms with Crippen molar-refractivity contribution in [3.8, 4) is 6.07 Å². The summed E-state index contributed by atoms with van der Waals surface area (Å²) in [6.45, 7) is 4.08. The maximum atomic E-state index is 12.7. The summed E-state index contributed by atoms with van der Waals surface area (Å²) in [5.41, 5.74) is 10.7. The molecular formula is C28H34N12O2. The zero-order valence-electron chi connectivity index (χ0n) is 23.3. The summed E-state index contributed by atoms with van der Waals surface area (Å²) in [5, 5.41) is 23.2. The summed E-state index contributed by atoms with van der Waals surface area (Å²) in [6, 6.07) is 10.1. The number of fused-ring (bicyclic) bond motifs is 1. The number of aromatic nitrogens is 4. The van der Waals surface area contributed by atoms with E-state index in [0.717, 1.165) is 50.4 Å². The number of hydrazine groups is 2. The molecule has 1 amide bonds. The fraction of sp³-hybridized carbons (Fsp3) is 0.464. The highest BCUT2D eigenvalue weighted by Gasteiger charge is 2.27. The normalized spacial score (nSPS) is 18.3. The van der Waals surface area contributed by atoms with Crippen molar-refractivity contribution in [2.24, 2.45) is 11.0 Å². The molecule has 14 heteroatoms. The smallest absolute Gasteiger partial charge is 0.277 e. The molecule has 5 heterocycles. The molecule has 1 aromatic carbocycles. The van der Waals surface area contributed by atoms with Crippen LogP contribution >= 0.6 is 0 Å². The van der Waals surface area contributed by atoms with Crippen molar-refractivity contribution in [2.75, 3.05) is 31.5 Å². The average molecular weight is 571 g/mol. The number of benzene rings is 1. The van der Waals surface area contributed by atoms with Gasteiger partial charge in [0.25, 0.3) is 5.56 Å². The number of amidine groups is 1. The standard InChI is InChI=1S/C28H34N12O2/c29-10-5-24(41)40-13-8-20(9-14-40)26-32-22-16-30-36-28(42)25(22)27(33-26)31-21-3-1-19(2-4-21)17-39-11-6-18(7-12-39)15-23-34-37-38-35-23/h1-4,16,18,20,37-38H,5-9,11-15,17H2,(H,34,35)(H,36,42)(H,31,32,33). The van der Waals surface area contributed by atoms with Crippen molar-refractivity contribution in [3.05, 3.63) is 52.2 Å². The van der Waals surface area contributed by atoms with Gasteiger partial charge in [0.1, 0.15) is 34.8 Å². The zero-order valence-corrected chi connectivity index (χ0v) is 23.3. The quantitative estimate of drug-likeness (QED) is 0.266. The molecule has 0 saturated carbocycles. The van der Waals surface area contributed by atoms with E-state index >= 15 is 0 Å². The summed E-state index contributed by atoms with van der Waals surface area (Å²) in [4.78, 5) is 38.5. The first-order valence-corrected chi connectivity index (χ1v) is 14.4. The van der Waals surface area contributed by atoms with Crippen LogP contribution in [0, 0.1) is 17.2 Å². The molecular weight excluding hydrogens is 536 g/mol. The zero-order chi connectivity index (χ0) is 28.9. The Balaban J connectivity index is 1.11. The second kappa shape index (κ2) is 12.5. The van der Waals surface area contributed by atoms with E-state index in [0.29, 0.717) is 54.4 Å². The monoisotopic (exact) mass is 570 g/mol. The molecule has 0 unspecified atom stereocenters. The minimum Gasteiger partial charge on any atom is -0.342 e. The topological polar surface area (TPSA) is 179 Å². The van der Waals surface area contributed by atoms with E-state index in [1.165, 1.54) is 11.8 Å². The number of aromatic amines is 1. The molecule has 2 fully saturated rings. The predicted octanol–water partition coefficient (Wildman–Crippen LogP) is 1.60. The molecule has 3 aliphatic heterocycles. The first kappa shape index (κ1) is 27.6. The highest BCUT2D eigenvalue weighted by Crippen LogP contribution is 2.30. The van der Waals surface area contributed by atoms with Crippen LogP contribution in [0.2, 0.25) is 0 Å². The first-order chi connectivity index (χ1) is 20.6. The van der Waals surface area contributed by atoms with Crippen LogP contribution in [0.1, 0.15) is 55.8 Å². The van der Waals surface area contributed by atoms with Crippen LogP contribution in [0.15, 0.2) is 40.4 Å². The fourth-order valence-corrected chi connectivity index (χ4v) is 5.89. The molecule has 42 heavy (non-hydrogen) atoms. The maximum absolute atomic E-state index is 12.7. The van der Waals surface area contributed by atoms with Crippen molar-refractivity contribution in [1.29, 1.82) is 5.26 Å². The SMILES string of the molecule is N#CCC(=O)N1CCC(c2nc(Nc3ccc(CN4CCC(CC5=NNNN5)CC4)cc3)c3c(=O)[nH]ncc3n2)CC1. The second-order valence-electron chi connectivity index (χ2n) is 11.0. The van der Waals surface area contributed by atoms with Crippen LogP contribution in [-0.2, 0) is 11.3 Å². The predicted molar refractivity (Wildman–Crippen MR) is 156 cm³/mol. The van der Waals surface area contributed by atoms with Crippen molar-refractivity contribution in [1.82, 2.24) is 46.5 Å². The minimum atomic E-state index is -0.359. The Morgan fingerprint density at radius 3 is 2.57 bits per heavy atom. The number of nitrogens with one attached hydrogen (secondary N) is 5. The number of amides is 1. The van der Waals surface area contributed by atoms with Gasteiger partial charge in [-0.15, -0.1) is 10.6 Å². The number of carbonyl (C=O) groups excluding carboxylic acids is 1. The number of H-pyrrole nitrogens is 1. The van der Waals surface area contributed by atoms with E-state index in [2.05, 4.69) is 59.1 Å². The number of nitriles is 1. The van der Waals surface area contributed by atoms with E-state index in [-0.39, 0.29) is 23.8 Å². The van der Waals surface area contributed by atoms with Gasteiger partial charge in [0.15, 0.2) is 0 Å². The molecule has 218 valence electrons. The molecule has 3 aromatic rings. The number of hydrogen-bond acceptors (Lipinski definition) is 12. The van der Waals surface area contributed by atoms with Crippen LogP contribution in [0.25, 0.3) is 10.9 Å². The van der Waals surface area contributed by atoms with Crippen LogP contribution in [0.5, 0.6) is 0 Å². The molecule has 0 atom stereocenters. The lowest BCUT2D eigenvalue weighted by Crippen LogP contribution is -2.38. The van der Waals surface area contributed by atoms with Gasteiger partial charge in [-0.1, -0.05) is 12.1 Å². The van der Waals surface area contributed by atoms with Crippen molar-refractivity contribution < 1.29 is 4.79 Å². The van der Waals surface area contributed by atoms with Gasteiger partial charge in [0, 0.05) is 37.7 Å². The van der Waals surface area contributed by atoms with Gasteiger partial charge in [0.05, 0.1) is 12.3 Å². The van der Waals surface area contributed by atoms with Gasteiger partial charge in [-0.3, -0.25) is 19.9 Å². The van der Waals surface area contributed by atoms with E-state index < -0.39 is 0 Å².